The van der Waals surface area contributed by atoms with Crippen LogP contribution >= 0.6 is 15.9 Å². The second kappa shape index (κ2) is 5.67. The molecule has 6 heteroatoms. The van der Waals surface area contributed by atoms with Gasteiger partial charge in [-0.1, -0.05) is 19.3 Å². The Balaban J connectivity index is 1.98. The molecule has 1 saturated carbocycles. The number of hydrogen-bond donors (Lipinski definition) is 1. The third-order valence-corrected chi connectivity index (χ3v) is 5.37. The zero-order valence-corrected chi connectivity index (χ0v) is 12.2. The van der Waals surface area contributed by atoms with Gasteiger partial charge in [0.05, 0.1) is 9.37 Å². The Morgan fingerprint density at radius 3 is 2.67 bits per heavy atom. The van der Waals surface area contributed by atoms with E-state index in [0.29, 0.717) is 12.5 Å². The van der Waals surface area contributed by atoms with E-state index >= 15 is 0 Å². The predicted octanol–water partition coefficient (Wildman–Crippen LogP) is 3.06. The van der Waals surface area contributed by atoms with E-state index in [2.05, 4.69) is 20.7 Å². The van der Waals surface area contributed by atoms with E-state index in [0.717, 1.165) is 12.5 Å². The van der Waals surface area contributed by atoms with Gasteiger partial charge in [0.1, 0.15) is 5.82 Å². The summed E-state index contributed by atoms with van der Waals surface area (Å²) in [5.74, 6) is 0.0752. The molecule has 1 fully saturated rings. The van der Waals surface area contributed by atoms with E-state index in [1.165, 1.54) is 31.4 Å². The maximum absolute atomic E-state index is 13.3. The first-order valence-electron chi connectivity index (χ1n) is 5.94. The lowest BCUT2D eigenvalue weighted by Crippen LogP contribution is -2.27. The predicted molar refractivity (Wildman–Crippen MR) is 71.2 cm³/mol. The summed E-state index contributed by atoms with van der Waals surface area (Å²) in [6.45, 7) is 0.421. The van der Waals surface area contributed by atoms with Crippen LogP contribution in [0, 0.1) is 11.7 Å². The number of hydrogen-bond acceptors (Lipinski definition) is 2. The quantitative estimate of drug-likeness (QED) is 0.898. The van der Waals surface area contributed by atoms with Crippen LogP contribution in [0.15, 0.2) is 27.6 Å². The maximum atomic E-state index is 13.3. The molecule has 0 aromatic heterocycles. The second-order valence-electron chi connectivity index (χ2n) is 4.56. The van der Waals surface area contributed by atoms with Gasteiger partial charge in [-0.05, 0) is 46.5 Å². The fourth-order valence-electron chi connectivity index (χ4n) is 1.91. The topological polar surface area (TPSA) is 46.2 Å². The Morgan fingerprint density at radius 1 is 1.39 bits per heavy atom. The van der Waals surface area contributed by atoms with Crippen LogP contribution in [0.5, 0.6) is 0 Å². The van der Waals surface area contributed by atoms with E-state index in [4.69, 9.17) is 0 Å². The lowest BCUT2D eigenvalue weighted by atomic mass is 9.83. The molecule has 0 unspecified atom stereocenters. The van der Waals surface area contributed by atoms with Crippen LogP contribution in [0.4, 0.5) is 4.39 Å². The van der Waals surface area contributed by atoms with Crippen LogP contribution in [-0.4, -0.2) is 15.0 Å². The molecule has 18 heavy (non-hydrogen) atoms. The molecular weight excluding hydrogens is 321 g/mol. The third kappa shape index (κ3) is 3.30. The monoisotopic (exact) mass is 335 g/mol. The summed E-state index contributed by atoms with van der Waals surface area (Å²) < 4.78 is 39.8. The summed E-state index contributed by atoms with van der Waals surface area (Å²) in [4.78, 5) is -0.0307. The smallest absolute Gasteiger partial charge is 0.211 e. The Labute approximate surface area is 115 Å². The van der Waals surface area contributed by atoms with Crippen molar-refractivity contribution >= 4 is 26.0 Å². The Bertz CT molecular complexity index is 529. The molecule has 3 nitrogen and oxygen atoms in total. The van der Waals surface area contributed by atoms with Crippen LogP contribution in [-0.2, 0) is 10.0 Å². The van der Waals surface area contributed by atoms with Gasteiger partial charge in [0.2, 0.25) is 10.0 Å². The van der Waals surface area contributed by atoms with E-state index in [-0.39, 0.29) is 9.37 Å². The van der Waals surface area contributed by atoms with Gasteiger partial charge >= 0.3 is 0 Å². The maximum Gasteiger partial charge on any atom is 0.240 e. The highest BCUT2D eigenvalue weighted by molar-refractivity contribution is 9.10. The molecule has 1 aliphatic rings. The molecule has 0 saturated heterocycles. The largest absolute Gasteiger partial charge is 0.240 e. The number of rotatable bonds is 5. The molecule has 1 aliphatic carbocycles. The highest BCUT2D eigenvalue weighted by Gasteiger charge is 2.19. The molecule has 0 bridgehead atoms. The minimum Gasteiger partial charge on any atom is -0.211 e. The van der Waals surface area contributed by atoms with Crippen molar-refractivity contribution in [1.82, 2.24) is 4.72 Å². The van der Waals surface area contributed by atoms with Crippen molar-refractivity contribution in [3.63, 3.8) is 0 Å². The van der Waals surface area contributed by atoms with Gasteiger partial charge in [0.25, 0.3) is 0 Å². The van der Waals surface area contributed by atoms with Gasteiger partial charge in [-0.25, -0.2) is 17.5 Å². The van der Waals surface area contributed by atoms with Gasteiger partial charge in [0, 0.05) is 6.54 Å². The van der Waals surface area contributed by atoms with Gasteiger partial charge < -0.3 is 0 Å². The van der Waals surface area contributed by atoms with Crippen LogP contribution < -0.4 is 4.72 Å². The Hall–Kier alpha value is -0.460. The summed E-state index contributed by atoms with van der Waals surface area (Å²) in [5.41, 5.74) is 0. The SMILES string of the molecule is O=S(=O)(NCCC1CCC1)c1ccc(Br)c(F)c1. The Kier molecular flexibility index (Phi) is 4.40. The van der Waals surface area contributed by atoms with Crippen molar-refractivity contribution in [3.05, 3.63) is 28.5 Å². The fraction of sp³-hybridized carbons (Fsp3) is 0.500. The molecule has 0 atom stereocenters. The molecule has 0 spiro atoms. The molecular formula is C12H15BrFNO2S. The van der Waals surface area contributed by atoms with Crippen LogP contribution in [0.25, 0.3) is 0 Å². The normalized spacial score (nSPS) is 16.6. The fourth-order valence-corrected chi connectivity index (χ4v) is 3.21. The number of nitrogens with one attached hydrogen (secondary N) is 1. The van der Waals surface area contributed by atoms with Crippen molar-refractivity contribution in [2.45, 2.75) is 30.6 Å². The van der Waals surface area contributed by atoms with Crippen molar-refractivity contribution in [3.8, 4) is 0 Å². The van der Waals surface area contributed by atoms with Crippen molar-refractivity contribution in [2.24, 2.45) is 5.92 Å². The number of halogens is 2. The summed E-state index contributed by atoms with van der Waals surface area (Å²) in [7, 11) is -3.59. The van der Waals surface area contributed by atoms with E-state index < -0.39 is 15.8 Å². The van der Waals surface area contributed by atoms with E-state index in [1.54, 1.807) is 0 Å². The average molecular weight is 336 g/mol. The van der Waals surface area contributed by atoms with Crippen LogP contribution in [0.3, 0.4) is 0 Å². The Morgan fingerprint density at radius 2 is 2.11 bits per heavy atom. The highest BCUT2D eigenvalue weighted by atomic mass is 79.9. The van der Waals surface area contributed by atoms with Crippen molar-refractivity contribution in [2.75, 3.05) is 6.54 Å². The molecule has 1 aromatic rings. The van der Waals surface area contributed by atoms with Crippen LogP contribution in [0.2, 0.25) is 0 Å². The zero-order chi connectivity index (χ0) is 13.2. The highest BCUT2D eigenvalue weighted by Crippen LogP contribution is 2.29. The molecule has 2 rings (SSSR count). The lowest BCUT2D eigenvalue weighted by molar-refractivity contribution is 0.297. The molecule has 100 valence electrons. The molecule has 1 aromatic carbocycles. The van der Waals surface area contributed by atoms with E-state index in [9.17, 15) is 12.8 Å². The average Bonchev–Trinajstić information content (AvgIpc) is 2.25. The van der Waals surface area contributed by atoms with Gasteiger partial charge in [-0.2, -0.15) is 0 Å². The lowest BCUT2D eigenvalue weighted by Gasteiger charge is -2.25. The van der Waals surface area contributed by atoms with Crippen molar-refractivity contribution < 1.29 is 12.8 Å². The minimum absolute atomic E-state index is 0.0307. The third-order valence-electron chi connectivity index (χ3n) is 3.27. The number of sulfonamides is 1. The molecule has 0 aliphatic heterocycles. The van der Waals surface area contributed by atoms with Gasteiger partial charge in [-0.3, -0.25) is 0 Å². The van der Waals surface area contributed by atoms with Gasteiger partial charge in [0.15, 0.2) is 0 Å². The first-order chi connectivity index (χ1) is 8.49. The number of benzene rings is 1. The molecule has 0 heterocycles. The van der Waals surface area contributed by atoms with E-state index in [1.807, 2.05) is 0 Å². The van der Waals surface area contributed by atoms with Crippen LogP contribution in [0.1, 0.15) is 25.7 Å². The molecule has 0 radical (unpaired) electrons. The summed E-state index contributed by atoms with van der Waals surface area (Å²) in [5, 5.41) is 0. The van der Waals surface area contributed by atoms with Gasteiger partial charge in [-0.15, -0.1) is 0 Å². The second-order valence-corrected chi connectivity index (χ2v) is 7.18. The first-order valence-corrected chi connectivity index (χ1v) is 8.21. The summed E-state index contributed by atoms with van der Waals surface area (Å²) >= 11 is 2.99. The first kappa shape index (κ1) is 14.0. The van der Waals surface area contributed by atoms with Crippen molar-refractivity contribution in [1.29, 1.82) is 0 Å². The summed E-state index contributed by atoms with van der Waals surface area (Å²) in [6, 6.07) is 3.81. The standard InChI is InChI=1S/C12H15BrFNO2S/c13-11-5-4-10(8-12(11)14)18(16,17)15-7-6-9-2-1-3-9/h4-5,8-9,15H,1-3,6-7H2. The molecule has 1 N–H and O–H groups in total. The molecule has 0 amide bonds. The minimum atomic E-state index is -3.59. The summed E-state index contributed by atoms with van der Waals surface area (Å²) in [6.07, 6.45) is 4.48. The zero-order valence-electron chi connectivity index (χ0n) is 9.83.